The lowest BCUT2D eigenvalue weighted by Gasteiger charge is -1.87. The van der Waals surface area contributed by atoms with Crippen LogP contribution in [-0.4, -0.2) is 10.8 Å². The molecule has 0 aromatic carbocycles. The fourth-order valence-electron chi connectivity index (χ4n) is 0. The Hall–Kier alpha value is 0.730. The van der Waals surface area contributed by atoms with Crippen LogP contribution in [0.25, 0.3) is 0 Å². The van der Waals surface area contributed by atoms with Crippen molar-refractivity contribution in [3.05, 3.63) is 0 Å². The molecule has 1 nitrogen and oxygen atoms in total. The minimum absolute atomic E-state index is 0.227. The van der Waals surface area contributed by atoms with E-state index in [-0.39, 0.29) is 5.50 Å². The van der Waals surface area contributed by atoms with Crippen molar-refractivity contribution in [3.63, 3.8) is 0 Å². The Morgan fingerprint density at radius 2 is 2.20 bits per heavy atom. The summed E-state index contributed by atoms with van der Waals surface area (Å²) in [5, 5.41) is 0.661. The summed E-state index contributed by atoms with van der Waals surface area (Å²) in [4.78, 5) is 0. The van der Waals surface area contributed by atoms with Gasteiger partial charge in [-0.1, -0.05) is 15.9 Å². The molecule has 32 valence electrons. The first-order valence-corrected chi connectivity index (χ1v) is 2.78. The molecule has 0 radical (unpaired) electrons. The molecule has 0 rings (SSSR count). The molecule has 1 atom stereocenters. The Kier molecular flexibility index (Phi) is 3.37. The molecule has 0 spiro atoms. The summed E-state index contributed by atoms with van der Waals surface area (Å²) in [6.45, 7) is 0. The maximum atomic E-state index is 5.19. The van der Waals surface area contributed by atoms with E-state index in [4.69, 9.17) is 17.3 Å². The third-order valence-electron chi connectivity index (χ3n) is 0.147. The molecule has 0 fully saturated rings. The van der Waals surface area contributed by atoms with Gasteiger partial charge in [-0.05, 0) is 0 Å². The van der Waals surface area contributed by atoms with E-state index in [1.54, 1.807) is 0 Å². The van der Waals surface area contributed by atoms with Crippen LogP contribution in [0.2, 0.25) is 0 Å². The molecule has 0 bridgehead atoms. The van der Waals surface area contributed by atoms with E-state index in [0.717, 1.165) is 0 Å². The molecule has 0 aliphatic carbocycles. The first-order chi connectivity index (χ1) is 2.27. The van der Waals surface area contributed by atoms with Gasteiger partial charge < -0.3 is 5.73 Å². The first-order valence-electron chi connectivity index (χ1n) is 1.23. The van der Waals surface area contributed by atoms with Crippen LogP contribution in [0.15, 0.2) is 0 Å². The van der Waals surface area contributed by atoms with Crippen LogP contribution in [0.5, 0.6) is 0 Å². The topological polar surface area (TPSA) is 26.0 Å². The molecular weight excluding hydrogens is 153 g/mol. The quantitative estimate of drug-likeness (QED) is 0.445. The Morgan fingerprint density at radius 1 is 2.00 bits per heavy atom. The minimum Gasteiger partial charge on any atom is -0.315 e. The normalized spacial score (nSPS) is 15.0. The molecule has 2 N–H and O–H groups in total. The summed E-state index contributed by atoms with van der Waals surface area (Å²) < 4.78 is 0. The monoisotopic (exact) mass is 157 g/mol. The van der Waals surface area contributed by atoms with Gasteiger partial charge in [0.05, 0.1) is 5.50 Å². The van der Waals surface area contributed by atoms with E-state index < -0.39 is 0 Å². The summed E-state index contributed by atoms with van der Waals surface area (Å²) in [6.07, 6.45) is 0. The van der Waals surface area contributed by atoms with Crippen LogP contribution in [0, 0.1) is 0 Å². The number of halogens is 2. The lowest BCUT2D eigenvalue weighted by atomic mass is 10.8. The number of rotatable bonds is 1. The van der Waals surface area contributed by atoms with Gasteiger partial charge in [-0.2, -0.15) is 0 Å². The maximum absolute atomic E-state index is 5.19. The van der Waals surface area contributed by atoms with Crippen molar-refractivity contribution < 1.29 is 0 Å². The van der Waals surface area contributed by atoms with Gasteiger partial charge >= 0.3 is 0 Å². The zero-order chi connectivity index (χ0) is 4.28. The van der Waals surface area contributed by atoms with Crippen molar-refractivity contribution in [3.8, 4) is 0 Å². The zero-order valence-electron chi connectivity index (χ0n) is 2.62. The third-order valence-corrected chi connectivity index (χ3v) is 1.37. The van der Waals surface area contributed by atoms with Gasteiger partial charge in [-0.3, -0.25) is 0 Å². The Balaban J connectivity index is 2.54. The molecule has 0 aliphatic heterocycles. The lowest BCUT2D eigenvalue weighted by Crippen LogP contribution is -2.11. The third kappa shape index (κ3) is 4.73. The average molecular weight is 158 g/mol. The number of nitrogens with two attached hydrogens (primary N) is 1. The molecule has 0 aliphatic rings. The largest absolute Gasteiger partial charge is 0.315 e. The predicted octanol–water partition coefficient (Wildman–Crippen LogP) is 0.905. The van der Waals surface area contributed by atoms with E-state index in [9.17, 15) is 0 Å². The van der Waals surface area contributed by atoms with Gasteiger partial charge in [-0.15, -0.1) is 11.6 Å². The Labute approximate surface area is 44.6 Å². The zero-order valence-corrected chi connectivity index (χ0v) is 4.96. The highest BCUT2D eigenvalue weighted by molar-refractivity contribution is 9.09. The standard InChI is InChI=1S/C2H5BrClN/c3-1-2(4)5/h2H,1,5H2. The van der Waals surface area contributed by atoms with Gasteiger partial charge in [0.15, 0.2) is 0 Å². The van der Waals surface area contributed by atoms with Gasteiger partial charge in [-0.25, -0.2) is 0 Å². The summed E-state index contributed by atoms with van der Waals surface area (Å²) in [6, 6.07) is 0. The number of hydrogen-bond acceptors (Lipinski definition) is 1. The molecule has 1 unspecified atom stereocenters. The van der Waals surface area contributed by atoms with Crippen molar-refractivity contribution in [1.29, 1.82) is 0 Å². The molecule has 5 heavy (non-hydrogen) atoms. The molecule has 0 saturated heterocycles. The van der Waals surface area contributed by atoms with Crippen LogP contribution in [0.1, 0.15) is 0 Å². The van der Waals surface area contributed by atoms with E-state index in [1.165, 1.54) is 0 Å². The van der Waals surface area contributed by atoms with Crippen LogP contribution >= 0.6 is 27.5 Å². The SMILES string of the molecule is NC(Cl)CBr. The Bertz CT molecular complexity index is 23.6. The predicted molar refractivity (Wildman–Crippen MR) is 27.6 cm³/mol. The molecule has 0 heterocycles. The van der Waals surface area contributed by atoms with E-state index in [0.29, 0.717) is 5.33 Å². The van der Waals surface area contributed by atoms with Crippen molar-refractivity contribution in [2.45, 2.75) is 5.50 Å². The minimum atomic E-state index is -0.227. The fraction of sp³-hybridized carbons (Fsp3) is 1.00. The van der Waals surface area contributed by atoms with E-state index >= 15 is 0 Å². The van der Waals surface area contributed by atoms with Crippen LogP contribution in [0.4, 0.5) is 0 Å². The van der Waals surface area contributed by atoms with Crippen molar-refractivity contribution in [2.75, 3.05) is 5.33 Å². The molecule has 3 heteroatoms. The Morgan fingerprint density at radius 3 is 2.20 bits per heavy atom. The van der Waals surface area contributed by atoms with Gasteiger partial charge in [0, 0.05) is 5.33 Å². The summed E-state index contributed by atoms with van der Waals surface area (Å²) in [5.74, 6) is 0. The van der Waals surface area contributed by atoms with Crippen molar-refractivity contribution in [2.24, 2.45) is 5.73 Å². The second kappa shape index (κ2) is 2.94. The summed E-state index contributed by atoms with van der Waals surface area (Å²) >= 11 is 8.25. The molecular formula is C2H5BrClN. The van der Waals surface area contributed by atoms with Gasteiger partial charge in [0.1, 0.15) is 0 Å². The molecule has 0 amide bonds. The second-order valence-electron chi connectivity index (χ2n) is 0.670. The highest BCUT2D eigenvalue weighted by Gasteiger charge is 1.84. The fourth-order valence-corrected chi connectivity index (χ4v) is 0. The summed E-state index contributed by atoms with van der Waals surface area (Å²) in [7, 11) is 0. The highest BCUT2D eigenvalue weighted by atomic mass is 79.9. The molecule has 0 aromatic rings. The highest BCUT2D eigenvalue weighted by Crippen LogP contribution is 1.88. The first kappa shape index (κ1) is 5.73. The maximum Gasteiger partial charge on any atom is 0.0898 e. The van der Waals surface area contributed by atoms with Gasteiger partial charge in [0.25, 0.3) is 0 Å². The van der Waals surface area contributed by atoms with Gasteiger partial charge in [0.2, 0.25) is 0 Å². The van der Waals surface area contributed by atoms with E-state index in [1.807, 2.05) is 0 Å². The van der Waals surface area contributed by atoms with Crippen molar-refractivity contribution >= 4 is 27.5 Å². The lowest BCUT2D eigenvalue weighted by molar-refractivity contribution is 1.06. The van der Waals surface area contributed by atoms with Crippen molar-refractivity contribution in [1.82, 2.24) is 0 Å². The van der Waals surface area contributed by atoms with E-state index in [2.05, 4.69) is 15.9 Å². The number of alkyl halides is 2. The van der Waals surface area contributed by atoms with Crippen LogP contribution < -0.4 is 5.73 Å². The second-order valence-corrected chi connectivity index (χ2v) is 1.88. The smallest absolute Gasteiger partial charge is 0.0898 e. The van der Waals surface area contributed by atoms with Crippen LogP contribution in [-0.2, 0) is 0 Å². The average Bonchev–Trinajstić information content (AvgIpc) is 1.38. The molecule has 0 aromatic heterocycles. The van der Waals surface area contributed by atoms with Crippen LogP contribution in [0.3, 0.4) is 0 Å². The molecule has 0 saturated carbocycles. The number of hydrogen-bond donors (Lipinski definition) is 1. The summed E-state index contributed by atoms with van der Waals surface area (Å²) in [5.41, 5.74) is 4.78.